The van der Waals surface area contributed by atoms with Gasteiger partial charge in [-0.3, -0.25) is 14.4 Å². The van der Waals surface area contributed by atoms with E-state index < -0.39 is 17.8 Å². The molecular weight excluding hydrogens is 362 g/mol. The van der Waals surface area contributed by atoms with Crippen LogP contribution in [0, 0.1) is 6.92 Å². The van der Waals surface area contributed by atoms with E-state index in [4.69, 9.17) is 16.3 Å². The number of ether oxygens (including phenoxy) is 3. The second-order valence-corrected chi connectivity index (χ2v) is 6.39. The molecule has 0 aliphatic rings. The Bertz CT molecular complexity index is 656. The minimum Gasteiger partial charge on any atom is -0.483 e. The first kappa shape index (κ1) is 21.8. The largest absolute Gasteiger partial charge is 0.483 e. The van der Waals surface area contributed by atoms with Gasteiger partial charge in [-0.2, -0.15) is 0 Å². The van der Waals surface area contributed by atoms with E-state index in [2.05, 4.69) is 9.47 Å². The topological polar surface area (TPSA) is 82.1 Å². The Labute approximate surface area is 158 Å². The van der Waals surface area contributed by atoms with Gasteiger partial charge in [-0.1, -0.05) is 25.4 Å². The first-order valence-electron chi connectivity index (χ1n) is 8.03. The quantitative estimate of drug-likeness (QED) is 0.639. The number of hydrogen-bond donors (Lipinski definition) is 0. The molecule has 0 fully saturated rings. The number of methoxy groups -OCH3 is 2. The summed E-state index contributed by atoms with van der Waals surface area (Å²) >= 11 is 6.16. The molecule has 0 aromatic heterocycles. The molecule has 8 heteroatoms. The van der Waals surface area contributed by atoms with Crippen molar-refractivity contribution in [2.24, 2.45) is 0 Å². The third-order valence-corrected chi connectivity index (χ3v) is 4.12. The van der Waals surface area contributed by atoms with Crippen LogP contribution in [-0.2, 0) is 23.9 Å². The highest BCUT2D eigenvalue weighted by Gasteiger charge is 2.22. The summed E-state index contributed by atoms with van der Waals surface area (Å²) in [7, 11) is 2.40. The third kappa shape index (κ3) is 6.22. The molecule has 0 saturated carbocycles. The second kappa shape index (κ2) is 10.0. The molecule has 0 aliphatic heterocycles. The number of esters is 2. The maximum atomic E-state index is 12.4. The molecule has 0 heterocycles. The van der Waals surface area contributed by atoms with E-state index in [1.807, 2.05) is 26.8 Å². The van der Waals surface area contributed by atoms with Gasteiger partial charge in [-0.15, -0.1) is 0 Å². The van der Waals surface area contributed by atoms with Gasteiger partial charge in [-0.25, -0.2) is 0 Å². The maximum Gasteiger partial charge on any atom is 0.325 e. The van der Waals surface area contributed by atoms with Gasteiger partial charge < -0.3 is 19.1 Å². The number of aryl methyl sites for hydroxylation is 1. The Morgan fingerprint density at radius 1 is 1.08 bits per heavy atom. The van der Waals surface area contributed by atoms with E-state index in [1.54, 1.807) is 6.07 Å². The molecule has 0 radical (unpaired) electrons. The van der Waals surface area contributed by atoms with Crippen LogP contribution in [0.1, 0.15) is 30.9 Å². The highest BCUT2D eigenvalue weighted by atomic mass is 35.5. The van der Waals surface area contributed by atoms with Gasteiger partial charge in [0.15, 0.2) is 6.61 Å². The van der Waals surface area contributed by atoms with Crippen molar-refractivity contribution < 1.29 is 28.6 Å². The van der Waals surface area contributed by atoms with Crippen molar-refractivity contribution >= 4 is 29.4 Å². The highest BCUT2D eigenvalue weighted by molar-refractivity contribution is 6.31. The van der Waals surface area contributed by atoms with Crippen LogP contribution in [-0.4, -0.2) is 56.7 Å². The van der Waals surface area contributed by atoms with E-state index in [1.165, 1.54) is 14.2 Å². The maximum absolute atomic E-state index is 12.4. The summed E-state index contributed by atoms with van der Waals surface area (Å²) in [5.74, 6) is -1.16. The van der Waals surface area contributed by atoms with Crippen LogP contribution >= 0.6 is 11.6 Å². The molecule has 0 N–H and O–H groups in total. The SMILES string of the molecule is COC(=O)CN(CC(=O)OC)C(=O)COc1cc(C)c(Cl)cc1C(C)C. The average molecular weight is 386 g/mol. The third-order valence-electron chi connectivity index (χ3n) is 3.71. The molecule has 0 aliphatic carbocycles. The van der Waals surface area contributed by atoms with Crippen molar-refractivity contribution in [2.45, 2.75) is 26.7 Å². The van der Waals surface area contributed by atoms with Gasteiger partial charge in [0.1, 0.15) is 18.8 Å². The van der Waals surface area contributed by atoms with E-state index >= 15 is 0 Å². The summed E-state index contributed by atoms with van der Waals surface area (Å²) in [4.78, 5) is 36.4. The van der Waals surface area contributed by atoms with Crippen LogP contribution in [0.4, 0.5) is 0 Å². The fourth-order valence-corrected chi connectivity index (χ4v) is 2.32. The van der Waals surface area contributed by atoms with E-state index in [-0.39, 0.29) is 25.6 Å². The summed E-state index contributed by atoms with van der Waals surface area (Å²) in [5, 5.41) is 0.616. The van der Waals surface area contributed by atoms with Crippen molar-refractivity contribution in [3.63, 3.8) is 0 Å². The lowest BCUT2D eigenvalue weighted by atomic mass is 10.0. The Balaban J connectivity index is 2.91. The van der Waals surface area contributed by atoms with Crippen LogP contribution in [0.3, 0.4) is 0 Å². The summed E-state index contributed by atoms with van der Waals surface area (Å²) < 4.78 is 14.7. The summed E-state index contributed by atoms with van der Waals surface area (Å²) in [5.41, 5.74) is 1.68. The molecule has 1 amide bonds. The standard InChI is InChI=1S/C18H24ClNO6/c1-11(2)13-7-14(19)12(3)6-15(13)26-10-16(21)20(8-17(22)24-4)9-18(23)25-5/h6-7,11H,8-10H2,1-5H3. The smallest absolute Gasteiger partial charge is 0.325 e. The van der Waals surface area contributed by atoms with Crippen LogP contribution < -0.4 is 4.74 Å². The van der Waals surface area contributed by atoms with Crippen LogP contribution in [0.15, 0.2) is 12.1 Å². The normalized spacial score (nSPS) is 10.4. The van der Waals surface area contributed by atoms with Gasteiger partial charge in [0.25, 0.3) is 5.91 Å². The zero-order valence-electron chi connectivity index (χ0n) is 15.6. The lowest BCUT2D eigenvalue weighted by molar-refractivity contribution is -0.152. The molecule has 1 aromatic rings. The average Bonchev–Trinajstić information content (AvgIpc) is 2.60. The molecule has 1 rings (SSSR count). The number of carbonyl (C=O) groups excluding carboxylic acids is 3. The fourth-order valence-electron chi connectivity index (χ4n) is 2.15. The lowest BCUT2D eigenvalue weighted by Crippen LogP contribution is -2.42. The summed E-state index contributed by atoms with van der Waals surface area (Å²) in [6.07, 6.45) is 0. The van der Waals surface area contributed by atoms with Gasteiger partial charge in [0.2, 0.25) is 0 Å². The van der Waals surface area contributed by atoms with Crippen LogP contribution in [0.2, 0.25) is 5.02 Å². The zero-order chi connectivity index (χ0) is 19.9. The predicted octanol–water partition coefficient (Wildman–Crippen LogP) is 2.33. The van der Waals surface area contributed by atoms with Gasteiger partial charge in [-0.05, 0) is 36.1 Å². The van der Waals surface area contributed by atoms with E-state index in [0.717, 1.165) is 16.0 Å². The van der Waals surface area contributed by atoms with Crippen molar-refractivity contribution in [3.8, 4) is 5.75 Å². The van der Waals surface area contributed by atoms with Gasteiger partial charge >= 0.3 is 11.9 Å². The molecule has 1 aromatic carbocycles. The Hall–Kier alpha value is -2.28. The summed E-state index contributed by atoms with van der Waals surface area (Å²) in [6, 6.07) is 3.57. The van der Waals surface area contributed by atoms with Gasteiger partial charge in [0.05, 0.1) is 14.2 Å². The van der Waals surface area contributed by atoms with Crippen LogP contribution in [0.5, 0.6) is 5.75 Å². The van der Waals surface area contributed by atoms with E-state index in [0.29, 0.717) is 10.8 Å². The monoisotopic (exact) mass is 385 g/mol. The number of halogens is 1. The summed E-state index contributed by atoms with van der Waals surface area (Å²) in [6.45, 7) is 4.72. The first-order valence-corrected chi connectivity index (χ1v) is 8.41. The Morgan fingerprint density at radius 2 is 1.62 bits per heavy atom. The minimum atomic E-state index is -0.646. The Kier molecular flexibility index (Phi) is 8.38. The highest BCUT2D eigenvalue weighted by Crippen LogP contribution is 2.32. The molecule has 0 bridgehead atoms. The zero-order valence-corrected chi connectivity index (χ0v) is 16.4. The minimum absolute atomic E-state index is 0.138. The number of benzene rings is 1. The Morgan fingerprint density at radius 3 is 2.08 bits per heavy atom. The number of nitrogens with zero attached hydrogens (tertiary/aromatic N) is 1. The molecule has 26 heavy (non-hydrogen) atoms. The number of amides is 1. The molecule has 144 valence electrons. The molecule has 0 saturated heterocycles. The number of rotatable bonds is 8. The molecule has 0 spiro atoms. The second-order valence-electron chi connectivity index (χ2n) is 5.98. The fraction of sp³-hybridized carbons (Fsp3) is 0.500. The van der Waals surface area contributed by atoms with E-state index in [9.17, 15) is 14.4 Å². The van der Waals surface area contributed by atoms with Crippen molar-refractivity contribution in [1.29, 1.82) is 0 Å². The number of hydrogen-bond acceptors (Lipinski definition) is 6. The molecule has 0 unspecified atom stereocenters. The first-order chi connectivity index (χ1) is 12.2. The predicted molar refractivity (Wildman–Crippen MR) is 96.4 cm³/mol. The molecular formula is C18H24ClNO6. The lowest BCUT2D eigenvalue weighted by Gasteiger charge is -2.21. The molecule has 7 nitrogen and oxygen atoms in total. The van der Waals surface area contributed by atoms with Crippen LogP contribution in [0.25, 0.3) is 0 Å². The van der Waals surface area contributed by atoms with Gasteiger partial charge in [0, 0.05) is 5.02 Å². The number of carbonyl (C=O) groups is 3. The van der Waals surface area contributed by atoms with Crippen molar-refractivity contribution in [1.82, 2.24) is 4.90 Å². The van der Waals surface area contributed by atoms with Crippen molar-refractivity contribution in [3.05, 3.63) is 28.3 Å². The molecule has 0 atom stereocenters. The van der Waals surface area contributed by atoms with Crippen molar-refractivity contribution in [2.75, 3.05) is 33.9 Å².